The van der Waals surface area contributed by atoms with E-state index in [1.807, 2.05) is 6.08 Å². The minimum absolute atomic E-state index is 0.288. The number of rotatable bonds is 14. The summed E-state index contributed by atoms with van der Waals surface area (Å²) in [5, 5.41) is 0. The van der Waals surface area contributed by atoms with E-state index >= 15 is 0 Å². The highest BCUT2D eigenvalue weighted by atomic mass is 16.1. The SMILES string of the molecule is CCCCCCCCCCCCCCC=C(C)C(N)=O. The number of unbranched alkanes of at least 4 members (excludes halogenated alkanes) is 12. The summed E-state index contributed by atoms with van der Waals surface area (Å²) in [5.41, 5.74) is 5.88. The van der Waals surface area contributed by atoms with Crippen molar-refractivity contribution in [2.45, 2.75) is 97.3 Å². The molecule has 0 aliphatic heterocycles. The Labute approximate surface area is 126 Å². The highest BCUT2D eigenvalue weighted by Gasteiger charge is 1.96. The van der Waals surface area contributed by atoms with Crippen LogP contribution in [0.25, 0.3) is 0 Å². The van der Waals surface area contributed by atoms with Gasteiger partial charge in [0.15, 0.2) is 0 Å². The van der Waals surface area contributed by atoms with E-state index in [1.165, 1.54) is 77.0 Å². The Balaban J connectivity index is 3.14. The van der Waals surface area contributed by atoms with Crippen LogP contribution in [-0.2, 0) is 4.79 Å². The van der Waals surface area contributed by atoms with Crippen molar-refractivity contribution < 1.29 is 4.79 Å². The van der Waals surface area contributed by atoms with E-state index in [-0.39, 0.29) is 5.91 Å². The first-order chi connectivity index (χ1) is 9.68. The normalized spacial score (nSPS) is 11.8. The number of amides is 1. The van der Waals surface area contributed by atoms with Gasteiger partial charge in [-0.15, -0.1) is 0 Å². The van der Waals surface area contributed by atoms with Crippen LogP contribution in [-0.4, -0.2) is 5.91 Å². The summed E-state index contributed by atoms with van der Waals surface area (Å²) >= 11 is 0. The zero-order valence-corrected chi connectivity index (χ0v) is 13.8. The maximum absolute atomic E-state index is 10.8. The molecule has 0 aliphatic rings. The lowest BCUT2D eigenvalue weighted by molar-refractivity contribution is -0.114. The van der Waals surface area contributed by atoms with E-state index < -0.39 is 0 Å². The fraction of sp³-hybridized carbons (Fsp3) is 0.833. The number of allylic oxidation sites excluding steroid dienone is 1. The molecule has 0 aliphatic carbocycles. The maximum atomic E-state index is 10.8. The largest absolute Gasteiger partial charge is 0.366 e. The molecule has 2 nitrogen and oxygen atoms in total. The third-order valence-corrected chi connectivity index (χ3v) is 3.90. The van der Waals surface area contributed by atoms with E-state index in [1.54, 1.807) is 6.92 Å². The van der Waals surface area contributed by atoms with E-state index in [0.717, 1.165) is 6.42 Å². The predicted octanol–water partition coefficient (Wildman–Crippen LogP) is 5.51. The third-order valence-electron chi connectivity index (χ3n) is 3.90. The third kappa shape index (κ3) is 13.6. The molecule has 0 unspecified atom stereocenters. The summed E-state index contributed by atoms with van der Waals surface area (Å²) in [6.07, 6.45) is 19.4. The number of carbonyl (C=O) groups excluding carboxylic acids is 1. The number of primary amides is 1. The second kappa shape index (κ2) is 14.6. The number of hydrogen-bond donors (Lipinski definition) is 1. The summed E-state index contributed by atoms with van der Waals surface area (Å²) in [7, 11) is 0. The molecule has 0 heterocycles. The van der Waals surface area contributed by atoms with Gasteiger partial charge in [-0.3, -0.25) is 4.79 Å². The summed E-state index contributed by atoms with van der Waals surface area (Å²) in [5.74, 6) is -0.288. The zero-order chi connectivity index (χ0) is 15.1. The Morgan fingerprint density at radius 2 is 1.20 bits per heavy atom. The summed E-state index contributed by atoms with van der Waals surface area (Å²) in [6.45, 7) is 4.06. The van der Waals surface area contributed by atoms with Gasteiger partial charge in [0.2, 0.25) is 5.91 Å². The first-order valence-corrected chi connectivity index (χ1v) is 8.65. The lowest BCUT2D eigenvalue weighted by Crippen LogP contribution is -2.11. The van der Waals surface area contributed by atoms with Crippen molar-refractivity contribution in [2.24, 2.45) is 5.73 Å². The summed E-state index contributed by atoms with van der Waals surface area (Å²) in [4.78, 5) is 10.8. The molecule has 0 saturated heterocycles. The minimum Gasteiger partial charge on any atom is -0.366 e. The number of carbonyl (C=O) groups is 1. The lowest BCUT2D eigenvalue weighted by atomic mass is 10.0. The monoisotopic (exact) mass is 281 g/mol. The van der Waals surface area contributed by atoms with Crippen LogP contribution in [0.1, 0.15) is 97.3 Å². The molecule has 0 rings (SSSR count). The predicted molar refractivity (Wildman–Crippen MR) is 88.6 cm³/mol. The van der Waals surface area contributed by atoms with Gasteiger partial charge in [0.05, 0.1) is 0 Å². The van der Waals surface area contributed by atoms with E-state index in [4.69, 9.17) is 5.73 Å². The van der Waals surface area contributed by atoms with Crippen LogP contribution in [0.2, 0.25) is 0 Å². The standard InChI is InChI=1S/C18H35NO/c1-3-4-5-6-7-8-9-10-11-12-13-14-15-16-17(2)18(19)20/h16H,3-15H2,1-2H3,(H2,19,20). The topological polar surface area (TPSA) is 43.1 Å². The van der Waals surface area contributed by atoms with Crippen LogP contribution < -0.4 is 5.73 Å². The number of hydrogen-bond acceptors (Lipinski definition) is 1. The van der Waals surface area contributed by atoms with Gasteiger partial charge in [-0.2, -0.15) is 0 Å². The maximum Gasteiger partial charge on any atom is 0.244 e. The van der Waals surface area contributed by atoms with Crippen LogP contribution in [0.4, 0.5) is 0 Å². The molecular formula is C18H35NO. The van der Waals surface area contributed by atoms with Gasteiger partial charge in [-0.05, 0) is 19.8 Å². The fourth-order valence-corrected chi connectivity index (χ4v) is 2.40. The molecule has 0 aromatic carbocycles. The smallest absolute Gasteiger partial charge is 0.244 e. The van der Waals surface area contributed by atoms with Gasteiger partial charge in [0.1, 0.15) is 0 Å². The molecule has 1 amide bonds. The first kappa shape index (κ1) is 19.2. The molecular weight excluding hydrogens is 246 g/mol. The highest BCUT2D eigenvalue weighted by molar-refractivity contribution is 5.91. The first-order valence-electron chi connectivity index (χ1n) is 8.65. The Kier molecular flexibility index (Phi) is 14.0. The average molecular weight is 281 g/mol. The second-order valence-corrected chi connectivity index (χ2v) is 5.93. The molecule has 0 spiro atoms. The molecule has 2 heteroatoms. The lowest BCUT2D eigenvalue weighted by Gasteiger charge is -2.02. The van der Waals surface area contributed by atoms with Crippen LogP contribution in [0.3, 0.4) is 0 Å². The van der Waals surface area contributed by atoms with Crippen LogP contribution >= 0.6 is 0 Å². The molecule has 0 bridgehead atoms. The Bertz CT molecular complexity index is 258. The van der Waals surface area contributed by atoms with Crippen molar-refractivity contribution in [1.29, 1.82) is 0 Å². The van der Waals surface area contributed by atoms with Crippen molar-refractivity contribution in [3.63, 3.8) is 0 Å². The summed E-state index contributed by atoms with van der Waals surface area (Å²) in [6, 6.07) is 0. The van der Waals surface area contributed by atoms with E-state index in [9.17, 15) is 4.79 Å². The highest BCUT2D eigenvalue weighted by Crippen LogP contribution is 2.12. The Morgan fingerprint density at radius 1 is 0.800 bits per heavy atom. The van der Waals surface area contributed by atoms with Crippen molar-refractivity contribution >= 4 is 5.91 Å². The van der Waals surface area contributed by atoms with Gasteiger partial charge in [-0.1, -0.05) is 83.6 Å². The molecule has 0 aromatic rings. The van der Waals surface area contributed by atoms with Crippen LogP contribution in [0, 0.1) is 0 Å². The quantitative estimate of drug-likeness (QED) is 0.331. The molecule has 0 fully saturated rings. The molecule has 2 N–H and O–H groups in total. The van der Waals surface area contributed by atoms with E-state index in [2.05, 4.69) is 6.92 Å². The molecule has 0 radical (unpaired) electrons. The second-order valence-electron chi connectivity index (χ2n) is 5.93. The zero-order valence-electron chi connectivity index (χ0n) is 13.8. The van der Waals surface area contributed by atoms with Crippen LogP contribution in [0.15, 0.2) is 11.6 Å². The average Bonchev–Trinajstić information content (AvgIpc) is 2.43. The number of nitrogens with two attached hydrogens (primary N) is 1. The molecule has 118 valence electrons. The fourth-order valence-electron chi connectivity index (χ4n) is 2.40. The molecule has 0 saturated carbocycles. The van der Waals surface area contributed by atoms with Gasteiger partial charge < -0.3 is 5.73 Å². The minimum atomic E-state index is -0.288. The van der Waals surface area contributed by atoms with Crippen molar-refractivity contribution in [3.05, 3.63) is 11.6 Å². The van der Waals surface area contributed by atoms with Crippen molar-refractivity contribution in [2.75, 3.05) is 0 Å². The van der Waals surface area contributed by atoms with Crippen LogP contribution in [0.5, 0.6) is 0 Å². The van der Waals surface area contributed by atoms with Crippen molar-refractivity contribution in [1.82, 2.24) is 0 Å². The Morgan fingerprint density at radius 3 is 1.60 bits per heavy atom. The van der Waals surface area contributed by atoms with Gasteiger partial charge >= 0.3 is 0 Å². The molecule has 20 heavy (non-hydrogen) atoms. The van der Waals surface area contributed by atoms with Gasteiger partial charge in [0.25, 0.3) is 0 Å². The van der Waals surface area contributed by atoms with Gasteiger partial charge in [-0.25, -0.2) is 0 Å². The summed E-state index contributed by atoms with van der Waals surface area (Å²) < 4.78 is 0. The Hall–Kier alpha value is -0.790. The van der Waals surface area contributed by atoms with Crippen molar-refractivity contribution in [3.8, 4) is 0 Å². The molecule has 0 aromatic heterocycles. The van der Waals surface area contributed by atoms with E-state index in [0.29, 0.717) is 5.57 Å². The molecule has 0 atom stereocenters. The van der Waals surface area contributed by atoms with Gasteiger partial charge in [0, 0.05) is 5.57 Å².